The smallest absolute Gasteiger partial charge is 0.414 e. The molecule has 0 atom stereocenters. The Bertz CT molecular complexity index is 1320. The molecular formula is C26H29N3O6. The van der Waals surface area contributed by atoms with E-state index in [1.54, 1.807) is 27.3 Å². The van der Waals surface area contributed by atoms with Crippen LogP contribution in [0, 0.1) is 0 Å². The second kappa shape index (κ2) is 9.71. The van der Waals surface area contributed by atoms with Gasteiger partial charge >= 0.3 is 6.09 Å². The Balaban J connectivity index is 1.69. The molecule has 2 aromatic carbocycles. The SMILES string of the molecule is COc1ccc2c(c1)c(C=C1Oc3cc(OC(=O)N(C)C)cc(O)c3C1=O)cn2CCCN(C)C. The average molecular weight is 480 g/mol. The topological polar surface area (TPSA) is 93.5 Å². The highest BCUT2D eigenvalue weighted by atomic mass is 16.6. The summed E-state index contributed by atoms with van der Waals surface area (Å²) >= 11 is 0. The second-order valence-corrected chi connectivity index (χ2v) is 8.84. The molecule has 0 bridgehead atoms. The van der Waals surface area contributed by atoms with Gasteiger partial charge in [0.05, 0.1) is 7.11 Å². The van der Waals surface area contributed by atoms with E-state index < -0.39 is 11.9 Å². The molecule has 1 N–H and O–H groups in total. The van der Waals surface area contributed by atoms with Gasteiger partial charge in [-0.3, -0.25) is 4.79 Å². The maximum absolute atomic E-state index is 13.1. The van der Waals surface area contributed by atoms with Crippen LogP contribution in [-0.4, -0.2) is 73.2 Å². The number of fused-ring (bicyclic) bond motifs is 2. The van der Waals surface area contributed by atoms with Crippen molar-refractivity contribution in [1.82, 2.24) is 14.4 Å². The monoisotopic (exact) mass is 479 g/mol. The van der Waals surface area contributed by atoms with Gasteiger partial charge < -0.3 is 33.7 Å². The van der Waals surface area contributed by atoms with Crippen LogP contribution in [0.3, 0.4) is 0 Å². The number of carbonyl (C=O) groups is 2. The molecule has 1 aliphatic rings. The van der Waals surface area contributed by atoms with Crippen molar-refractivity contribution in [3.05, 3.63) is 53.4 Å². The molecule has 9 nitrogen and oxygen atoms in total. The fourth-order valence-corrected chi connectivity index (χ4v) is 3.95. The van der Waals surface area contributed by atoms with Gasteiger partial charge in [0, 0.05) is 55.4 Å². The van der Waals surface area contributed by atoms with Crippen LogP contribution in [0.25, 0.3) is 17.0 Å². The molecule has 0 saturated carbocycles. The Labute approximate surface area is 203 Å². The summed E-state index contributed by atoms with van der Waals surface area (Å²) < 4.78 is 18.6. The summed E-state index contributed by atoms with van der Waals surface area (Å²) in [5, 5.41) is 11.4. The number of aryl methyl sites for hydroxylation is 1. The fourth-order valence-electron chi connectivity index (χ4n) is 3.95. The van der Waals surface area contributed by atoms with Crippen molar-refractivity contribution >= 4 is 28.9 Å². The zero-order valence-electron chi connectivity index (χ0n) is 20.5. The molecule has 0 aliphatic carbocycles. The molecule has 0 saturated heterocycles. The number of benzene rings is 2. The van der Waals surface area contributed by atoms with Crippen molar-refractivity contribution in [2.75, 3.05) is 41.8 Å². The minimum atomic E-state index is -0.611. The number of rotatable bonds is 7. The third kappa shape index (κ3) is 4.95. The zero-order valence-corrected chi connectivity index (χ0v) is 20.5. The molecular weight excluding hydrogens is 450 g/mol. The summed E-state index contributed by atoms with van der Waals surface area (Å²) in [6, 6.07) is 8.47. The third-order valence-corrected chi connectivity index (χ3v) is 5.71. The van der Waals surface area contributed by atoms with Gasteiger partial charge in [0.15, 0.2) is 5.76 Å². The quantitative estimate of drug-likeness (QED) is 0.512. The Morgan fingerprint density at radius 1 is 1.14 bits per heavy atom. The highest BCUT2D eigenvalue weighted by Crippen LogP contribution is 2.41. The molecule has 1 amide bonds. The van der Waals surface area contributed by atoms with Gasteiger partial charge in [0.1, 0.15) is 28.6 Å². The second-order valence-electron chi connectivity index (χ2n) is 8.84. The Kier molecular flexibility index (Phi) is 6.70. The molecule has 0 radical (unpaired) electrons. The summed E-state index contributed by atoms with van der Waals surface area (Å²) in [5.74, 6) is 0.229. The van der Waals surface area contributed by atoms with Crippen LogP contribution in [0.1, 0.15) is 22.3 Å². The lowest BCUT2D eigenvalue weighted by molar-refractivity contribution is 0.101. The van der Waals surface area contributed by atoms with Crippen LogP contribution in [0.2, 0.25) is 0 Å². The molecule has 0 spiro atoms. The van der Waals surface area contributed by atoms with Gasteiger partial charge in [-0.2, -0.15) is 0 Å². The Morgan fingerprint density at radius 2 is 1.91 bits per heavy atom. The fraction of sp³-hybridized carbons (Fsp3) is 0.308. The molecule has 1 aliphatic heterocycles. The molecule has 35 heavy (non-hydrogen) atoms. The number of nitrogens with zero attached hydrogens (tertiary/aromatic N) is 3. The van der Waals surface area contributed by atoms with Crippen molar-refractivity contribution in [2.24, 2.45) is 0 Å². The number of allylic oxidation sites excluding steroid dienone is 1. The highest BCUT2D eigenvalue weighted by molar-refractivity contribution is 6.16. The van der Waals surface area contributed by atoms with Crippen LogP contribution < -0.4 is 14.2 Å². The molecule has 0 fully saturated rings. The predicted molar refractivity (Wildman–Crippen MR) is 132 cm³/mol. The number of aromatic nitrogens is 1. The number of ether oxygens (including phenoxy) is 3. The maximum atomic E-state index is 13.1. The molecule has 2 heterocycles. The van der Waals surface area contributed by atoms with Crippen molar-refractivity contribution in [2.45, 2.75) is 13.0 Å². The molecule has 0 unspecified atom stereocenters. The van der Waals surface area contributed by atoms with Gasteiger partial charge in [-0.15, -0.1) is 0 Å². The number of ketones is 1. The van der Waals surface area contributed by atoms with E-state index in [1.165, 1.54) is 17.0 Å². The van der Waals surface area contributed by atoms with Gasteiger partial charge in [-0.1, -0.05) is 0 Å². The Morgan fingerprint density at radius 3 is 2.60 bits per heavy atom. The first kappa shape index (κ1) is 24.2. The van der Waals surface area contributed by atoms with Crippen LogP contribution in [0.5, 0.6) is 23.0 Å². The number of carbonyl (C=O) groups excluding carboxylic acids is 2. The number of hydrogen-bond donors (Lipinski definition) is 1. The van der Waals surface area contributed by atoms with Crippen molar-refractivity contribution in [3.63, 3.8) is 0 Å². The lowest BCUT2D eigenvalue weighted by atomic mass is 10.1. The van der Waals surface area contributed by atoms with Crippen molar-refractivity contribution in [1.29, 1.82) is 0 Å². The van der Waals surface area contributed by atoms with E-state index in [1.807, 2.05) is 38.5 Å². The molecule has 184 valence electrons. The van der Waals surface area contributed by atoms with E-state index in [0.717, 1.165) is 36.0 Å². The van der Waals surface area contributed by atoms with E-state index in [4.69, 9.17) is 14.2 Å². The van der Waals surface area contributed by atoms with E-state index in [2.05, 4.69) is 9.47 Å². The largest absolute Gasteiger partial charge is 0.507 e. The normalized spacial score (nSPS) is 13.9. The number of methoxy groups -OCH3 is 1. The van der Waals surface area contributed by atoms with E-state index in [9.17, 15) is 14.7 Å². The van der Waals surface area contributed by atoms with Gasteiger partial charge in [0.2, 0.25) is 5.78 Å². The van der Waals surface area contributed by atoms with Crippen LogP contribution in [0.15, 0.2) is 42.3 Å². The summed E-state index contributed by atoms with van der Waals surface area (Å²) in [4.78, 5) is 28.3. The van der Waals surface area contributed by atoms with Crippen molar-refractivity contribution in [3.8, 4) is 23.0 Å². The number of Topliss-reactive ketones (excluding diaryl/α,β-unsaturated/α-hetero) is 1. The number of amides is 1. The van der Waals surface area contributed by atoms with E-state index >= 15 is 0 Å². The summed E-state index contributed by atoms with van der Waals surface area (Å²) in [5.41, 5.74) is 1.84. The molecule has 1 aromatic heterocycles. The Hall–Kier alpha value is -3.98. The van der Waals surface area contributed by atoms with Gasteiger partial charge in [0.25, 0.3) is 0 Å². The number of aromatic hydroxyl groups is 1. The number of phenols is 1. The lowest BCUT2D eigenvalue weighted by Gasteiger charge is -2.11. The van der Waals surface area contributed by atoms with Crippen molar-refractivity contribution < 1.29 is 28.9 Å². The zero-order chi connectivity index (χ0) is 25.3. The van der Waals surface area contributed by atoms with Crippen LogP contribution in [0.4, 0.5) is 4.79 Å². The van der Waals surface area contributed by atoms with E-state index in [-0.39, 0.29) is 28.6 Å². The first-order chi connectivity index (χ1) is 16.7. The van der Waals surface area contributed by atoms with Crippen LogP contribution in [-0.2, 0) is 6.54 Å². The minimum absolute atomic E-state index is 0.0354. The van der Waals surface area contributed by atoms with Crippen LogP contribution >= 0.6 is 0 Å². The summed E-state index contributed by atoms with van der Waals surface area (Å²) in [6.07, 6.45) is 4.00. The highest BCUT2D eigenvalue weighted by Gasteiger charge is 2.32. The molecule has 4 rings (SSSR count). The van der Waals surface area contributed by atoms with E-state index in [0.29, 0.717) is 5.75 Å². The summed E-state index contributed by atoms with van der Waals surface area (Å²) in [6.45, 7) is 1.75. The maximum Gasteiger partial charge on any atom is 0.414 e. The number of phenolic OH excluding ortho intramolecular Hbond substituents is 1. The first-order valence-electron chi connectivity index (χ1n) is 11.2. The first-order valence-corrected chi connectivity index (χ1v) is 11.2. The minimum Gasteiger partial charge on any atom is -0.507 e. The third-order valence-electron chi connectivity index (χ3n) is 5.71. The summed E-state index contributed by atoms with van der Waals surface area (Å²) in [7, 11) is 8.77. The average Bonchev–Trinajstić information content (AvgIpc) is 3.30. The van der Waals surface area contributed by atoms with Gasteiger partial charge in [-0.05, 0) is 51.3 Å². The predicted octanol–water partition coefficient (Wildman–Crippen LogP) is 3.98. The lowest BCUT2D eigenvalue weighted by Crippen LogP contribution is -2.25. The molecule has 3 aromatic rings. The van der Waals surface area contributed by atoms with Gasteiger partial charge in [-0.25, -0.2) is 4.79 Å². The standard InChI is InChI=1S/C26H29N3O6/c1-27(2)9-6-10-29-15-16(19-12-17(33-5)7-8-20(19)29)11-23-25(31)24-21(30)13-18(14-22(24)35-23)34-26(32)28(3)4/h7-8,11-15,30H,6,9-10H2,1-5H3. The number of hydrogen-bond acceptors (Lipinski definition) is 7. The molecule has 9 heteroatoms.